The van der Waals surface area contributed by atoms with E-state index in [0.29, 0.717) is 12.2 Å². The molecule has 0 atom stereocenters. The van der Waals surface area contributed by atoms with Crippen LogP contribution in [0.4, 0.5) is 10.5 Å². The summed E-state index contributed by atoms with van der Waals surface area (Å²) in [6.45, 7) is 6.73. The topological polar surface area (TPSA) is 79.8 Å². The number of aromatic nitrogens is 3. The van der Waals surface area contributed by atoms with Crippen molar-refractivity contribution in [3.8, 4) is 0 Å². The van der Waals surface area contributed by atoms with Gasteiger partial charge in [0.25, 0.3) is 0 Å². The van der Waals surface area contributed by atoms with E-state index in [1.54, 1.807) is 23.7 Å². The van der Waals surface area contributed by atoms with Crippen LogP contribution in [0.25, 0.3) is 0 Å². The van der Waals surface area contributed by atoms with E-state index in [9.17, 15) is 4.79 Å². The van der Waals surface area contributed by atoms with Crippen LogP contribution in [-0.2, 0) is 24.7 Å². The van der Waals surface area contributed by atoms with Crippen LogP contribution in [0.2, 0.25) is 0 Å². The fourth-order valence-corrected chi connectivity index (χ4v) is 3.91. The smallest absolute Gasteiger partial charge is 0.319 e. The lowest BCUT2D eigenvalue weighted by Crippen LogP contribution is -2.30. The maximum Gasteiger partial charge on any atom is 0.319 e. The van der Waals surface area contributed by atoms with Gasteiger partial charge in [0.05, 0.1) is 28.8 Å². The molecule has 1 aliphatic rings. The number of fused-ring (bicyclic) bond motifs is 1. The van der Waals surface area contributed by atoms with Crippen LogP contribution >= 0.6 is 11.3 Å². The second kappa shape index (κ2) is 7.47. The SMILES string of the molecule is CC(C)(C)c1ncc(NC(=O)NCCc2nc3c(s2)CCCC3)cn1. The molecule has 6 nitrogen and oxygen atoms in total. The van der Waals surface area contributed by atoms with Crippen LogP contribution in [0, 0.1) is 0 Å². The van der Waals surface area contributed by atoms with E-state index in [4.69, 9.17) is 4.98 Å². The number of hydrogen-bond acceptors (Lipinski definition) is 5. The summed E-state index contributed by atoms with van der Waals surface area (Å²) in [4.78, 5) is 26.7. The molecule has 3 rings (SSSR count). The molecular weight excluding hydrogens is 334 g/mol. The van der Waals surface area contributed by atoms with E-state index in [1.807, 2.05) is 0 Å². The van der Waals surface area contributed by atoms with Gasteiger partial charge in [0.1, 0.15) is 5.82 Å². The molecule has 2 N–H and O–H groups in total. The molecule has 1 aliphatic carbocycles. The molecule has 2 heterocycles. The van der Waals surface area contributed by atoms with Gasteiger partial charge in [-0.15, -0.1) is 11.3 Å². The van der Waals surface area contributed by atoms with E-state index in [-0.39, 0.29) is 11.4 Å². The third-order valence-electron chi connectivity index (χ3n) is 4.09. The number of urea groups is 1. The lowest BCUT2D eigenvalue weighted by atomic mass is 9.96. The van der Waals surface area contributed by atoms with Crippen LogP contribution in [-0.4, -0.2) is 27.5 Å². The van der Waals surface area contributed by atoms with Crippen LogP contribution in [0.5, 0.6) is 0 Å². The van der Waals surface area contributed by atoms with E-state index in [0.717, 1.165) is 30.1 Å². The lowest BCUT2D eigenvalue weighted by Gasteiger charge is -2.16. The first kappa shape index (κ1) is 17.8. The number of carbonyl (C=O) groups excluding carboxylic acids is 1. The maximum atomic E-state index is 12.0. The maximum absolute atomic E-state index is 12.0. The zero-order chi connectivity index (χ0) is 17.9. The predicted molar refractivity (Wildman–Crippen MR) is 100 cm³/mol. The molecule has 0 saturated carbocycles. The Hall–Kier alpha value is -2.02. The molecule has 2 aromatic heterocycles. The van der Waals surface area contributed by atoms with Gasteiger partial charge < -0.3 is 10.6 Å². The van der Waals surface area contributed by atoms with Crippen LogP contribution < -0.4 is 10.6 Å². The monoisotopic (exact) mass is 359 g/mol. The number of hydrogen-bond donors (Lipinski definition) is 2. The van der Waals surface area contributed by atoms with Gasteiger partial charge in [0.2, 0.25) is 0 Å². The molecule has 0 bridgehead atoms. The minimum atomic E-state index is -0.242. The van der Waals surface area contributed by atoms with Gasteiger partial charge in [-0.2, -0.15) is 0 Å². The third-order valence-corrected chi connectivity index (χ3v) is 5.31. The van der Waals surface area contributed by atoms with Crippen molar-refractivity contribution >= 4 is 23.1 Å². The zero-order valence-electron chi connectivity index (χ0n) is 15.1. The molecule has 0 radical (unpaired) electrons. The van der Waals surface area contributed by atoms with Crippen molar-refractivity contribution < 1.29 is 4.79 Å². The molecule has 2 aromatic rings. The van der Waals surface area contributed by atoms with Crippen LogP contribution in [0.1, 0.15) is 55.0 Å². The normalized spacial score (nSPS) is 14.0. The summed E-state index contributed by atoms with van der Waals surface area (Å²) < 4.78 is 0. The number of amides is 2. The molecule has 25 heavy (non-hydrogen) atoms. The minimum Gasteiger partial charge on any atom is -0.337 e. The Labute approximate surface area is 152 Å². The number of aryl methyl sites for hydroxylation is 2. The molecule has 2 amide bonds. The number of nitrogens with one attached hydrogen (secondary N) is 2. The van der Waals surface area contributed by atoms with Gasteiger partial charge in [-0.3, -0.25) is 0 Å². The van der Waals surface area contributed by atoms with Gasteiger partial charge >= 0.3 is 6.03 Å². The lowest BCUT2D eigenvalue weighted by molar-refractivity contribution is 0.252. The summed E-state index contributed by atoms with van der Waals surface area (Å²) >= 11 is 1.79. The Morgan fingerprint density at radius 3 is 2.60 bits per heavy atom. The Balaban J connectivity index is 1.46. The summed E-state index contributed by atoms with van der Waals surface area (Å²) in [5.74, 6) is 0.756. The summed E-state index contributed by atoms with van der Waals surface area (Å²) in [7, 11) is 0. The van der Waals surface area contributed by atoms with Crippen molar-refractivity contribution in [2.45, 2.75) is 58.3 Å². The highest BCUT2D eigenvalue weighted by Gasteiger charge is 2.17. The van der Waals surface area contributed by atoms with Crippen LogP contribution in [0.3, 0.4) is 0 Å². The summed E-state index contributed by atoms with van der Waals surface area (Å²) in [5, 5.41) is 6.75. The molecule has 0 aromatic carbocycles. The second-order valence-corrected chi connectivity index (χ2v) is 8.53. The molecule has 134 valence electrons. The highest BCUT2D eigenvalue weighted by Crippen LogP contribution is 2.26. The van der Waals surface area contributed by atoms with Crippen molar-refractivity contribution in [2.75, 3.05) is 11.9 Å². The Kier molecular flexibility index (Phi) is 5.32. The van der Waals surface area contributed by atoms with E-state index >= 15 is 0 Å². The van der Waals surface area contributed by atoms with Gasteiger partial charge in [0.15, 0.2) is 0 Å². The average molecular weight is 359 g/mol. The first-order chi connectivity index (χ1) is 11.9. The summed E-state index contributed by atoms with van der Waals surface area (Å²) in [5.41, 5.74) is 1.76. The van der Waals surface area contributed by atoms with E-state index in [1.165, 1.54) is 23.4 Å². The highest BCUT2D eigenvalue weighted by atomic mass is 32.1. The molecule has 0 fully saturated rings. The summed E-state index contributed by atoms with van der Waals surface area (Å²) in [6.07, 6.45) is 8.82. The van der Waals surface area contributed by atoms with E-state index in [2.05, 4.69) is 41.4 Å². The van der Waals surface area contributed by atoms with Gasteiger partial charge in [-0.25, -0.2) is 19.7 Å². The molecule has 0 unspecified atom stereocenters. The molecule has 7 heteroatoms. The van der Waals surface area contributed by atoms with Crippen molar-refractivity contribution in [2.24, 2.45) is 0 Å². The summed E-state index contributed by atoms with van der Waals surface area (Å²) in [6, 6.07) is -0.242. The fourth-order valence-electron chi connectivity index (χ4n) is 2.75. The second-order valence-electron chi connectivity index (χ2n) is 7.36. The Morgan fingerprint density at radius 1 is 1.20 bits per heavy atom. The molecular formula is C18H25N5OS. The fraction of sp³-hybridized carbons (Fsp3) is 0.556. The van der Waals surface area contributed by atoms with Gasteiger partial charge in [0, 0.05) is 23.3 Å². The Bertz CT molecular complexity index is 709. The molecule has 0 saturated heterocycles. The average Bonchev–Trinajstić information content (AvgIpc) is 2.97. The van der Waals surface area contributed by atoms with Crippen molar-refractivity contribution in [1.82, 2.24) is 20.3 Å². The van der Waals surface area contributed by atoms with Crippen LogP contribution in [0.15, 0.2) is 12.4 Å². The van der Waals surface area contributed by atoms with Gasteiger partial charge in [-0.05, 0) is 25.7 Å². The number of thiazole rings is 1. The number of carbonyl (C=O) groups is 1. The van der Waals surface area contributed by atoms with E-state index < -0.39 is 0 Å². The van der Waals surface area contributed by atoms with Gasteiger partial charge in [-0.1, -0.05) is 20.8 Å². The highest BCUT2D eigenvalue weighted by molar-refractivity contribution is 7.11. The quantitative estimate of drug-likeness (QED) is 0.876. The number of anilines is 1. The standard InChI is InChI=1S/C18H25N5OS/c1-18(2,3)16-20-10-12(11-21-16)22-17(24)19-9-8-15-23-13-6-4-5-7-14(13)25-15/h10-11H,4-9H2,1-3H3,(H2,19,22,24). The largest absolute Gasteiger partial charge is 0.337 e. The zero-order valence-corrected chi connectivity index (χ0v) is 15.9. The minimum absolute atomic E-state index is 0.104. The predicted octanol–water partition coefficient (Wildman–Crippen LogP) is 3.47. The van der Waals surface area contributed by atoms with Crippen molar-refractivity contribution in [1.29, 1.82) is 0 Å². The number of nitrogens with zero attached hydrogens (tertiary/aromatic N) is 3. The molecule has 0 aliphatic heterocycles. The number of rotatable bonds is 4. The first-order valence-corrected chi connectivity index (χ1v) is 9.58. The molecule has 0 spiro atoms. The van der Waals surface area contributed by atoms with Crippen molar-refractivity contribution in [3.05, 3.63) is 33.8 Å². The Morgan fingerprint density at radius 2 is 1.92 bits per heavy atom. The first-order valence-electron chi connectivity index (χ1n) is 8.76. The van der Waals surface area contributed by atoms with Crippen molar-refractivity contribution in [3.63, 3.8) is 0 Å². The third kappa shape index (κ3) is 4.75.